The number of pyridine rings is 1. The van der Waals surface area contributed by atoms with E-state index in [1.165, 1.54) is 18.0 Å². The molecule has 0 aromatic carbocycles. The van der Waals surface area contributed by atoms with Crippen LogP contribution in [-0.2, 0) is 14.3 Å². The summed E-state index contributed by atoms with van der Waals surface area (Å²) in [5.74, 6) is 0.648. The van der Waals surface area contributed by atoms with Gasteiger partial charge in [0.15, 0.2) is 0 Å². The van der Waals surface area contributed by atoms with Crippen LogP contribution < -0.4 is 5.32 Å². The summed E-state index contributed by atoms with van der Waals surface area (Å²) in [4.78, 5) is 44.0. The summed E-state index contributed by atoms with van der Waals surface area (Å²) >= 11 is 7.03. The molecule has 1 atom stereocenters. The lowest BCUT2D eigenvalue weighted by molar-refractivity contribution is -0.129. The number of amides is 3. The molecule has 1 aromatic rings. The number of halogens is 1. The fraction of sp³-hybridized carbons (Fsp3) is 0.579. The second-order valence-corrected chi connectivity index (χ2v) is 8.50. The third-order valence-electron chi connectivity index (χ3n) is 5.07. The topological polar surface area (TPSA) is 91.8 Å². The van der Waals surface area contributed by atoms with Crippen molar-refractivity contribution in [3.63, 3.8) is 0 Å². The van der Waals surface area contributed by atoms with Gasteiger partial charge in [0.1, 0.15) is 11.9 Å². The van der Waals surface area contributed by atoms with Crippen LogP contribution in [0.5, 0.6) is 0 Å². The smallest absolute Gasteiger partial charge is 0.410 e. The van der Waals surface area contributed by atoms with Crippen LogP contribution in [0.1, 0.15) is 26.2 Å². The van der Waals surface area contributed by atoms with Crippen molar-refractivity contribution >= 4 is 47.1 Å². The number of nitrogens with zero attached hydrogens (tertiary/aromatic N) is 3. The average molecular weight is 441 g/mol. The van der Waals surface area contributed by atoms with E-state index in [4.69, 9.17) is 16.3 Å². The Balaban J connectivity index is 1.35. The van der Waals surface area contributed by atoms with Crippen molar-refractivity contribution in [2.24, 2.45) is 0 Å². The van der Waals surface area contributed by atoms with Crippen LogP contribution in [0.25, 0.3) is 0 Å². The third kappa shape index (κ3) is 5.99. The molecular weight excluding hydrogens is 416 g/mol. The minimum atomic E-state index is -0.238. The molecule has 0 bridgehead atoms. The molecule has 2 fully saturated rings. The van der Waals surface area contributed by atoms with Crippen molar-refractivity contribution in [2.45, 2.75) is 38.3 Å². The molecule has 0 aliphatic carbocycles. The first kappa shape index (κ1) is 21.7. The number of likely N-dealkylation sites (tertiary alicyclic amines) is 1. The standard InChI is InChI=1S/C19H25ClN4O4S/c1-2-15-10-24(19(27)28-15)14-5-7-23(8-6-14)18(26)12-29-11-17(25)22-16-4-3-13(20)9-21-16/h3-4,9,14-15H,2,5-8,10-12H2,1H3,(H,21,22,25). The predicted octanol–water partition coefficient (Wildman–Crippen LogP) is 2.63. The van der Waals surface area contributed by atoms with Crippen molar-refractivity contribution in [3.05, 3.63) is 23.4 Å². The molecule has 2 saturated heterocycles. The number of hydrogen-bond acceptors (Lipinski definition) is 6. The van der Waals surface area contributed by atoms with Crippen LogP contribution in [-0.4, -0.2) is 76.0 Å². The van der Waals surface area contributed by atoms with Gasteiger partial charge in [-0.1, -0.05) is 18.5 Å². The number of anilines is 1. The first-order valence-corrected chi connectivity index (χ1v) is 11.2. The van der Waals surface area contributed by atoms with Crippen molar-refractivity contribution in [1.29, 1.82) is 0 Å². The Morgan fingerprint density at radius 1 is 1.31 bits per heavy atom. The fourth-order valence-electron chi connectivity index (χ4n) is 3.43. The molecule has 3 rings (SSSR count). The minimum absolute atomic E-state index is 0.0151. The van der Waals surface area contributed by atoms with E-state index in [0.29, 0.717) is 30.5 Å². The monoisotopic (exact) mass is 440 g/mol. The van der Waals surface area contributed by atoms with E-state index < -0.39 is 0 Å². The molecular formula is C19H25ClN4O4S. The first-order valence-electron chi connectivity index (χ1n) is 9.70. The highest BCUT2D eigenvalue weighted by Gasteiger charge is 2.37. The van der Waals surface area contributed by atoms with Gasteiger partial charge >= 0.3 is 6.09 Å². The van der Waals surface area contributed by atoms with Gasteiger partial charge in [0, 0.05) is 25.3 Å². The molecule has 2 aliphatic heterocycles. The Labute approximate surface area is 179 Å². The molecule has 10 heteroatoms. The van der Waals surface area contributed by atoms with Crippen LogP contribution >= 0.6 is 23.4 Å². The maximum Gasteiger partial charge on any atom is 0.410 e. The number of cyclic esters (lactones) is 1. The second kappa shape index (κ2) is 10.2. The number of carbonyl (C=O) groups is 3. The van der Waals surface area contributed by atoms with Gasteiger partial charge in [-0.05, 0) is 31.4 Å². The second-order valence-electron chi connectivity index (χ2n) is 7.08. The molecule has 0 spiro atoms. The number of hydrogen-bond donors (Lipinski definition) is 1. The number of aromatic nitrogens is 1. The molecule has 2 aliphatic rings. The van der Waals surface area contributed by atoms with Gasteiger partial charge in [0.25, 0.3) is 0 Å². The van der Waals surface area contributed by atoms with Crippen molar-refractivity contribution in [1.82, 2.24) is 14.8 Å². The summed E-state index contributed by atoms with van der Waals surface area (Å²) in [6.45, 7) is 3.88. The maximum atomic E-state index is 12.4. The average Bonchev–Trinajstić information content (AvgIpc) is 3.10. The molecule has 1 aromatic heterocycles. The molecule has 0 saturated carbocycles. The Kier molecular flexibility index (Phi) is 7.60. The summed E-state index contributed by atoms with van der Waals surface area (Å²) in [6.07, 6.45) is 3.53. The summed E-state index contributed by atoms with van der Waals surface area (Å²) in [7, 11) is 0. The number of nitrogens with one attached hydrogen (secondary N) is 1. The molecule has 1 N–H and O–H groups in total. The van der Waals surface area contributed by atoms with Gasteiger partial charge in [0.05, 0.1) is 23.1 Å². The van der Waals surface area contributed by atoms with E-state index in [9.17, 15) is 14.4 Å². The lowest BCUT2D eigenvalue weighted by atomic mass is 10.0. The summed E-state index contributed by atoms with van der Waals surface area (Å²) in [5, 5.41) is 3.17. The Morgan fingerprint density at radius 2 is 2.07 bits per heavy atom. The zero-order valence-corrected chi connectivity index (χ0v) is 17.9. The predicted molar refractivity (Wildman–Crippen MR) is 112 cm³/mol. The van der Waals surface area contributed by atoms with Crippen molar-refractivity contribution in [3.8, 4) is 0 Å². The third-order valence-corrected chi connectivity index (χ3v) is 6.21. The quantitative estimate of drug-likeness (QED) is 0.700. The Morgan fingerprint density at radius 3 is 2.69 bits per heavy atom. The maximum absolute atomic E-state index is 12.4. The highest BCUT2D eigenvalue weighted by Crippen LogP contribution is 2.24. The number of ether oxygens (including phenoxy) is 1. The van der Waals surface area contributed by atoms with Crippen LogP contribution in [0.15, 0.2) is 18.3 Å². The molecule has 3 heterocycles. The van der Waals surface area contributed by atoms with Gasteiger partial charge in [-0.3, -0.25) is 9.59 Å². The first-order chi connectivity index (χ1) is 14.0. The highest BCUT2D eigenvalue weighted by molar-refractivity contribution is 8.00. The lowest BCUT2D eigenvalue weighted by Crippen LogP contribution is -2.47. The van der Waals surface area contributed by atoms with Crippen LogP contribution in [0.3, 0.4) is 0 Å². The number of rotatable bonds is 7. The molecule has 1 unspecified atom stereocenters. The molecule has 8 nitrogen and oxygen atoms in total. The van der Waals surface area contributed by atoms with E-state index in [1.807, 2.05) is 6.92 Å². The number of carbonyl (C=O) groups excluding carboxylic acids is 3. The largest absolute Gasteiger partial charge is 0.444 e. The summed E-state index contributed by atoms with van der Waals surface area (Å²) < 4.78 is 5.33. The van der Waals surface area contributed by atoms with Crippen molar-refractivity contribution < 1.29 is 19.1 Å². The van der Waals surface area contributed by atoms with Crippen molar-refractivity contribution in [2.75, 3.05) is 36.5 Å². The molecule has 29 heavy (non-hydrogen) atoms. The van der Waals surface area contributed by atoms with Crippen LogP contribution in [0.2, 0.25) is 5.02 Å². The van der Waals surface area contributed by atoms with E-state index in [0.717, 1.165) is 19.3 Å². The lowest BCUT2D eigenvalue weighted by Gasteiger charge is -2.35. The van der Waals surface area contributed by atoms with Gasteiger partial charge in [-0.15, -0.1) is 11.8 Å². The summed E-state index contributed by atoms with van der Waals surface area (Å²) in [6, 6.07) is 3.40. The van der Waals surface area contributed by atoms with Crippen LogP contribution in [0.4, 0.5) is 10.6 Å². The normalized spacial score (nSPS) is 19.9. The van der Waals surface area contributed by atoms with Gasteiger partial charge in [0.2, 0.25) is 11.8 Å². The number of piperidine rings is 1. The van der Waals surface area contributed by atoms with Crippen LogP contribution in [0, 0.1) is 0 Å². The highest BCUT2D eigenvalue weighted by atomic mass is 35.5. The Hall–Kier alpha value is -2.00. The van der Waals surface area contributed by atoms with Gasteiger partial charge in [-0.2, -0.15) is 0 Å². The fourth-order valence-corrected chi connectivity index (χ4v) is 4.26. The minimum Gasteiger partial charge on any atom is -0.444 e. The molecule has 0 radical (unpaired) electrons. The van der Waals surface area contributed by atoms with E-state index in [2.05, 4.69) is 10.3 Å². The molecule has 3 amide bonds. The van der Waals surface area contributed by atoms with E-state index in [1.54, 1.807) is 21.9 Å². The SMILES string of the molecule is CCC1CN(C2CCN(C(=O)CSCC(=O)Nc3ccc(Cl)cn3)CC2)C(=O)O1. The number of thioether (sulfide) groups is 1. The zero-order valence-electron chi connectivity index (χ0n) is 16.3. The Bertz CT molecular complexity index is 740. The van der Waals surface area contributed by atoms with Gasteiger partial charge < -0.3 is 19.9 Å². The summed E-state index contributed by atoms with van der Waals surface area (Å²) in [5.41, 5.74) is 0. The van der Waals surface area contributed by atoms with Gasteiger partial charge in [-0.25, -0.2) is 9.78 Å². The van der Waals surface area contributed by atoms with E-state index in [-0.39, 0.29) is 41.6 Å². The van der Waals surface area contributed by atoms with E-state index >= 15 is 0 Å². The molecule has 158 valence electrons. The zero-order chi connectivity index (χ0) is 20.8.